The van der Waals surface area contributed by atoms with E-state index in [0.717, 1.165) is 54.4 Å². The van der Waals surface area contributed by atoms with Gasteiger partial charge in [-0.25, -0.2) is 4.90 Å². The van der Waals surface area contributed by atoms with E-state index in [1.807, 2.05) is 50.2 Å². The fourth-order valence-electron chi connectivity index (χ4n) is 4.53. The third-order valence-corrected chi connectivity index (χ3v) is 6.06. The van der Waals surface area contributed by atoms with Gasteiger partial charge in [-0.15, -0.1) is 0 Å². The zero-order valence-corrected chi connectivity index (χ0v) is 17.3. The average molecular weight is 394 g/mol. The van der Waals surface area contributed by atoms with Gasteiger partial charge in [-0.1, -0.05) is 29.8 Å². The number of nitrogens with one attached hydrogen (secondary N) is 1. The number of ether oxygens (including phenoxy) is 1. The highest BCUT2D eigenvalue weighted by molar-refractivity contribution is 6.22. The molecular weight excluding hydrogens is 366 g/mol. The van der Waals surface area contributed by atoms with Crippen LogP contribution in [0.1, 0.15) is 17.5 Å². The van der Waals surface area contributed by atoms with Crippen LogP contribution in [-0.4, -0.2) is 51.1 Å². The second kappa shape index (κ2) is 7.87. The lowest BCUT2D eigenvalue weighted by molar-refractivity contribution is -0.915. The van der Waals surface area contributed by atoms with E-state index in [-0.39, 0.29) is 24.3 Å². The van der Waals surface area contributed by atoms with E-state index in [4.69, 9.17) is 4.74 Å². The van der Waals surface area contributed by atoms with Crippen LogP contribution in [0.5, 0.6) is 5.75 Å². The minimum absolute atomic E-state index is 0.0669. The number of carbonyl (C=O) groups is 2. The number of para-hydroxylation sites is 2. The fraction of sp³-hybridized carbons (Fsp3) is 0.391. The standard InChI is InChI=1S/C23H27N3O3/c1-16-8-9-18(17(2)14-16)26-22(27)15-20(23(26)28)25-12-10-24(11-13-25)19-6-4-5-7-21(19)29-3/h4-9,14,20H,10-13,15H2,1-3H3/p+1. The van der Waals surface area contributed by atoms with Crippen LogP contribution in [0.15, 0.2) is 42.5 Å². The SMILES string of the molecule is COc1ccccc1N1CC[NH+](C2CC(=O)N(c3ccc(C)cc3C)C2=O)CC1. The number of amides is 2. The summed E-state index contributed by atoms with van der Waals surface area (Å²) in [6, 6.07) is 13.6. The number of rotatable bonds is 4. The molecule has 0 aliphatic carbocycles. The number of benzene rings is 2. The Kier molecular flexibility index (Phi) is 5.28. The molecular formula is C23H28N3O3+. The smallest absolute Gasteiger partial charge is 0.292 e. The van der Waals surface area contributed by atoms with Crippen LogP contribution in [0, 0.1) is 13.8 Å². The van der Waals surface area contributed by atoms with Gasteiger partial charge in [0.2, 0.25) is 5.91 Å². The maximum atomic E-state index is 13.2. The van der Waals surface area contributed by atoms with Crippen LogP contribution in [0.4, 0.5) is 11.4 Å². The number of carbonyl (C=O) groups excluding carboxylic acids is 2. The number of hydrogen-bond acceptors (Lipinski definition) is 4. The van der Waals surface area contributed by atoms with Crippen molar-refractivity contribution in [2.75, 3.05) is 43.1 Å². The number of piperazine rings is 1. The van der Waals surface area contributed by atoms with Crippen LogP contribution >= 0.6 is 0 Å². The Morgan fingerprint density at radius 2 is 1.72 bits per heavy atom. The minimum Gasteiger partial charge on any atom is -0.495 e. The van der Waals surface area contributed by atoms with Crippen molar-refractivity contribution >= 4 is 23.2 Å². The normalized spacial score (nSPS) is 20.4. The summed E-state index contributed by atoms with van der Waals surface area (Å²) in [6.07, 6.45) is 0.288. The second-order valence-electron chi connectivity index (χ2n) is 7.93. The molecule has 2 heterocycles. The average Bonchev–Trinajstić information content (AvgIpc) is 3.02. The topological polar surface area (TPSA) is 54.3 Å². The molecule has 0 aromatic heterocycles. The zero-order chi connectivity index (χ0) is 20.5. The van der Waals surface area contributed by atoms with Crippen molar-refractivity contribution in [1.82, 2.24) is 0 Å². The number of nitrogens with zero attached hydrogens (tertiary/aromatic N) is 2. The van der Waals surface area contributed by atoms with Crippen LogP contribution in [0.25, 0.3) is 0 Å². The summed E-state index contributed by atoms with van der Waals surface area (Å²) in [5.74, 6) is 0.707. The Morgan fingerprint density at radius 3 is 2.41 bits per heavy atom. The van der Waals surface area contributed by atoms with Crippen molar-refractivity contribution in [2.45, 2.75) is 26.3 Å². The van der Waals surface area contributed by atoms with Gasteiger partial charge < -0.3 is 14.5 Å². The molecule has 1 atom stereocenters. The molecule has 2 amide bonds. The second-order valence-corrected chi connectivity index (χ2v) is 7.93. The molecule has 2 aliphatic heterocycles. The summed E-state index contributed by atoms with van der Waals surface area (Å²) in [4.78, 5) is 30.8. The number of anilines is 2. The lowest BCUT2D eigenvalue weighted by atomic mass is 10.1. The molecule has 0 radical (unpaired) electrons. The summed E-state index contributed by atoms with van der Waals surface area (Å²) in [5, 5.41) is 0. The van der Waals surface area contributed by atoms with E-state index in [1.165, 1.54) is 9.80 Å². The largest absolute Gasteiger partial charge is 0.495 e. The van der Waals surface area contributed by atoms with Gasteiger partial charge in [0.05, 0.1) is 51.1 Å². The highest BCUT2D eigenvalue weighted by atomic mass is 16.5. The summed E-state index contributed by atoms with van der Waals surface area (Å²) < 4.78 is 5.49. The molecule has 29 heavy (non-hydrogen) atoms. The van der Waals surface area contributed by atoms with E-state index in [1.54, 1.807) is 7.11 Å². The van der Waals surface area contributed by atoms with Gasteiger partial charge in [-0.2, -0.15) is 0 Å². The number of aryl methyl sites for hydroxylation is 2. The molecule has 0 bridgehead atoms. The highest BCUT2D eigenvalue weighted by Gasteiger charge is 2.46. The zero-order valence-electron chi connectivity index (χ0n) is 17.3. The first-order valence-corrected chi connectivity index (χ1v) is 10.2. The Bertz CT molecular complexity index is 935. The van der Waals surface area contributed by atoms with Gasteiger partial charge in [0.15, 0.2) is 6.04 Å². The van der Waals surface area contributed by atoms with Crippen molar-refractivity contribution in [1.29, 1.82) is 0 Å². The number of quaternary nitrogens is 1. The number of methoxy groups -OCH3 is 1. The third kappa shape index (κ3) is 3.60. The summed E-state index contributed by atoms with van der Waals surface area (Å²) >= 11 is 0. The predicted molar refractivity (Wildman–Crippen MR) is 113 cm³/mol. The summed E-state index contributed by atoms with van der Waals surface area (Å²) in [5.41, 5.74) is 3.89. The molecule has 1 N–H and O–H groups in total. The summed E-state index contributed by atoms with van der Waals surface area (Å²) in [6.45, 7) is 7.27. The minimum atomic E-state index is -0.289. The van der Waals surface area contributed by atoms with Gasteiger partial charge in [-0.3, -0.25) is 9.59 Å². The molecule has 0 saturated carbocycles. The molecule has 2 fully saturated rings. The van der Waals surface area contributed by atoms with Crippen molar-refractivity contribution in [2.24, 2.45) is 0 Å². The third-order valence-electron chi connectivity index (χ3n) is 6.06. The van der Waals surface area contributed by atoms with Crippen LogP contribution in [-0.2, 0) is 9.59 Å². The predicted octanol–water partition coefficient (Wildman–Crippen LogP) is 1.35. The maximum absolute atomic E-state index is 13.2. The van der Waals surface area contributed by atoms with E-state index in [0.29, 0.717) is 0 Å². The Balaban J connectivity index is 1.47. The molecule has 152 valence electrons. The maximum Gasteiger partial charge on any atom is 0.292 e. The van der Waals surface area contributed by atoms with E-state index >= 15 is 0 Å². The molecule has 6 nitrogen and oxygen atoms in total. The van der Waals surface area contributed by atoms with E-state index in [9.17, 15) is 9.59 Å². The summed E-state index contributed by atoms with van der Waals surface area (Å²) in [7, 11) is 1.69. The van der Waals surface area contributed by atoms with Crippen molar-refractivity contribution in [3.05, 3.63) is 53.6 Å². The van der Waals surface area contributed by atoms with Gasteiger partial charge in [0, 0.05) is 0 Å². The number of imide groups is 1. The van der Waals surface area contributed by atoms with Crippen LogP contribution in [0.3, 0.4) is 0 Å². The highest BCUT2D eigenvalue weighted by Crippen LogP contribution is 2.28. The first kappa shape index (κ1) is 19.5. The van der Waals surface area contributed by atoms with E-state index < -0.39 is 0 Å². The lowest BCUT2D eigenvalue weighted by Crippen LogP contribution is -3.19. The first-order chi connectivity index (χ1) is 14.0. The molecule has 4 rings (SSSR count). The Morgan fingerprint density at radius 1 is 1.00 bits per heavy atom. The Labute approximate surface area is 171 Å². The van der Waals surface area contributed by atoms with Crippen molar-refractivity contribution in [3.8, 4) is 5.75 Å². The number of hydrogen-bond donors (Lipinski definition) is 1. The molecule has 2 saturated heterocycles. The molecule has 2 aromatic carbocycles. The van der Waals surface area contributed by atoms with Crippen molar-refractivity contribution < 1.29 is 19.2 Å². The lowest BCUT2D eigenvalue weighted by Gasteiger charge is -2.36. The van der Waals surface area contributed by atoms with Gasteiger partial charge in [-0.05, 0) is 37.6 Å². The Hall–Kier alpha value is -2.86. The molecule has 1 unspecified atom stereocenters. The molecule has 2 aromatic rings. The molecule has 2 aliphatic rings. The van der Waals surface area contributed by atoms with Gasteiger partial charge >= 0.3 is 0 Å². The van der Waals surface area contributed by atoms with Crippen LogP contribution < -0.4 is 19.4 Å². The van der Waals surface area contributed by atoms with Gasteiger partial charge in [0.25, 0.3) is 5.91 Å². The van der Waals surface area contributed by atoms with Crippen molar-refractivity contribution in [3.63, 3.8) is 0 Å². The quantitative estimate of drug-likeness (QED) is 0.796. The molecule has 6 heteroatoms. The molecule has 0 spiro atoms. The van der Waals surface area contributed by atoms with Gasteiger partial charge in [0.1, 0.15) is 5.75 Å². The van der Waals surface area contributed by atoms with E-state index in [2.05, 4.69) is 11.0 Å². The van der Waals surface area contributed by atoms with Crippen LogP contribution in [0.2, 0.25) is 0 Å². The monoisotopic (exact) mass is 394 g/mol. The fourth-order valence-corrected chi connectivity index (χ4v) is 4.53. The first-order valence-electron chi connectivity index (χ1n) is 10.2.